The van der Waals surface area contributed by atoms with Crippen molar-refractivity contribution in [2.45, 2.75) is 19.4 Å². The molecular weight excluding hydrogens is 500 g/mol. The van der Waals surface area contributed by atoms with Crippen molar-refractivity contribution in [2.24, 2.45) is 7.05 Å². The van der Waals surface area contributed by atoms with Gasteiger partial charge in [-0.2, -0.15) is 0 Å². The summed E-state index contributed by atoms with van der Waals surface area (Å²) in [6.45, 7) is 3.62. The van der Waals surface area contributed by atoms with E-state index in [1.54, 1.807) is 44.7 Å². The second kappa shape index (κ2) is 9.46. The SMILES string of the molecule is CCS(=O)(=O)Nc1cc(-c2cc(N)c(=O)n(C)c2)cc2c1ccn2C(C)(c1ccccn1)c1ccccn1. The first-order chi connectivity index (χ1) is 18.1. The molecular formula is C28H28N6O3S. The molecule has 194 valence electrons. The smallest absolute Gasteiger partial charge is 0.273 e. The van der Waals surface area contributed by atoms with Crippen molar-refractivity contribution < 1.29 is 8.42 Å². The number of fused-ring (bicyclic) bond motifs is 1. The number of benzene rings is 1. The number of aryl methyl sites for hydroxylation is 1. The van der Waals surface area contributed by atoms with Crippen LogP contribution < -0.4 is 16.0 Å². The van der Waals surface area contributed by atoms with Crippen molar-refractivity contribution in [1.29, 1.82) is 0 Å². The molecule has 5 rings (SSSR count). The summed E-state index contributed by atoms with van der Waals surface area (Å²) < 4.78 is 31.5. The normalized spacial score (nSPS) is 12.1. The number of nitrogen functional groups attached to an aromatic ring is 1. The third-order valence-electron chi connectivity index (χ3n) is 6.81. The summed E-state index contributed by atoms with van der Waals surface area (Å²) in [5.41, 5.74) is 9.05. The van der Waals surface area contributed by atoms with Crippen molar-refractivity contribution in [3.63, 3.8) is 0 Å². The maximum absolute atomic E-state index is 12.7. The lowest BCUT2D eigenvalue weighted by Crippen LogP contribution is -2.34. The zero-order valence-corrected chi connectivity index (χ0v) is 22.1. The second-order valence-electron chi connectivity index (χ2n) is 9.25. The number of rotatable bonds is 7. The van der Waals surface area contributed by atoms with E-state index < -0.39 is 15.6 Å². The number of anilines is 2. The summed E-state index contributed by atoms with van der Waals surface area (Å²) in [6.07, 6.45) is 7.07. The number of nitrogens with zero attached hydrogens (tertiary/aromatic N) is 4. The first-order valence-electron chi connectivity index (χ1n) is 12.1. The minimum atomic E-state index is -3.58. The highest BCUT2D eigenvalue weighted by atomic mass is 32.2. The van der Waals surface area contributed by atoms with Gasteiger partial charge in [0.25, 0.3) is 5.56 Å². The molecule has 4 heterocycles. The summed E-state index contributed by atoms with van der Waals surface area (Å²) in [5.74, 6) is -0.0776. The van der Waals surface area contributed by atoms with E-state index in [2.05, 4.69) is 14.7 Å². The number of nitrogens with one attached hydrogen (secondary N) is 1. The molecule has 0 saturated heterocycles. The van der Waals surface area contributed by atoms with Gasteiger partial charge in [-0.3, -0.25) is 19.5 Å². The van der Waals surface area contributed by atoms with Crippen molar-refractivity contribution in [1.82, 2.24) is 19.1 Å². The highest BCUT2D eigenvalue weighted by molar-refractivity contribution is 7.92. The Kier molecular flexibility index (Phi) is 6.28. The Labute approximate surface area is 220 Å². The van der Waals surface area contributed by atoms with E-state index >= 15 is 0 Å². The number of pyridine rings is 3. The lowest BCUT2D eigenvalue weighted by molar-refractivity contribution is 0.463. The molecule has 0 aliphatic rings. The van der Waals surface area contributed by atoms with E-state index in [9.17, 15) is 13.2 Å². The van der Waals surface area contributed by atoms with Crippen molar-refractivity contribution in [2.75, 3.05) is 16.2 Å². The third kappa shape index (κ3) is 4.32. The lowest BCUT2D eigenvalue weighted by Gasteiger charge is -2.32. The van der Waals surface area contributed by atoms with Crippen molar-refractivity contribution in [3.05, 3.63) is 107 Å². The molecule has 0 spiro atoms. The maximum Gasteiger partial charge on any atom is 0.273 e. The first-order valence-corrected chi connectivity index (χ1v) is 13.7. The topological polar surface area (TPSA) is 125 Å². The van der Waals surface area contributed by atoms with Crippen LogP contribution in [-0.4, -0.2) is 33.3 Å². The molecule has 3 N–H and O–H groups in total. The van der Waals surface area contributed by atoms with E-state index in [-0.39, 0.29) is 17.0 Å². The Balaban J connectivity index is 1.85. The number of hydrogen-bond donors (Lipinski definition) is 2. The van der Waals surface area contributed by atoms with Gasteiger partial charge >= 0.3 is 0 Å². The molecule has 0 unspecified atom stereocenters. The standard InChI is InChI=1S/C28H28N6O3S/c1-4-38(36,37)32-23-16-19(20-15-22(29)27(35)33(3)18-20)17-24-21(23)11-14-34(24)28(2,25-9-5-7-12-30-25)26-10-6-8-13-31-26/h5-18,32H,4,29H2,1-3H3. The average Bonchev–Trinajstić information content (AvgIpc) is 3.37. The number of sulfonamides is 1. The fraction of sp³-hybridized carbons (Fsp3) is 0.179. The van der Waals surface area contributed by atoms with E-state index in [0.717, 1.165) is 16.9 Å². The molecule has 10 heteroatoms. The number of nitrogens with two attached hydrogens (primary N) is 1. The molecule has 0 amide bonds. The van der Waals surface area contributed by atoms with Gasteiger partial charge in [0.15, 0.2) is 0 Å². The van der Waals surface area contributed by atoms with Crippen molar-refractivity contribution in [3.8, 4) is 11.1 Å². The molecule has 5 aromatic rings. The Morgan fingerprint density at radius 3 is 2.18 bits per heavy atom. The van der Waals surface area contributed by atoms with Crippen LogP contribution in [0.1, 0.15) is 25.2 Å². The van der Waals surface area contributed by atoms with Gasteiger partial charge in [0.1, 0.15) is 5.54 Å². The highest BCUT2D eigenvalue weighted by Crippen LogP contribution is 2.39. The van der Waals surface area contributed by atoms with Crippen LogP contribution in [0.3, 0.4) is 0 Å². The highest BCUT2D eigenvalue weighted by Gasteiger charge is 2.35. The van der Waals surface area contributed by atoms with Crippen LogP contribution in [0, 0.1) is 0 Å². The average molecular weight is 529 g/mol. The van der Waals surface area contributed by atoms with E-state index in [1.165, 1.54) is 4.57 Å². The summed E-state index contributed by atoms with van der Waals surface area (Å²) in [7, 11) is -1.95. The van der Waals surface area contributed by atoms with Crippen LogP contribution in [0.5, 0.6) is 0 Å². The number of aromatic nitrogens is 4. The quantitative estimate of drug-likeness (QED) is 0.330. The van der Waals surface area contributed by atoms with E-state index in [1.807, 2.05) is 66.2 Å². The molecule has 0 aliphatic carbocycles. The maximum atomic E-state index is 12.7. The fourth-order valence-corrected chi connectivity index (χ4v) is 5.35. The van der Waals surface area contributed by atoms with Crippen LogP contribution in [0.25, 0.3) is 22.0 Å². The van der Waals surface area contributed by atoms with E-state index in [0.29, 0.717) is 22.2 Å². The molecule has 0 saturated carbocycles. The van der Waals surface area contributed by atoms with Crippen LogP contribution in [0.15, 0.2) is 90.2 Å². The Morgan fingerprint density at radius 2 is 1.63 bits per heavy atom. The summed E-state index contributed by atoms with van der Waals surface area (Å²) in [5, 5.41) is 0.710. The predicted molar refractivity (Wildman–Crippen MR) is 150 cm³/mol. The molecule has 0 fully saturated rings. The first kappa shape index (κ1) is 25.2. The molecule has 1 aromatic carbocycles. The summed E-state index contributed by atoms with van der Waals surface area (Å²) in [6, 6.07) is 18.7. The Morgan fingerprint density at radius 1 is 0.974 bits per heavy atom. The molecule has 0 atom stereocenters. The Hall–Kier alpha value is -4.44. The summed E-state index contributed by atoms with van der Waals surface area (Å²) in [4.78, 5) is 21.6. The minimum absolute atomic E-state index is 0.0776. The van der Waals surface area contributed by atoms with Crippen molar-refractivity contribution >= 4 is 32.3 Å². The predicted octanol–water partition coefficient (Wildman–Crippen LogP) is 3.95. The largest absolute Gasteiger partial charge is 0.394 e. The molecule has 0 bridgehead atoms. The summed E-state index contributed by atoms with van der Waals surface area (Å²) >= 11 is 0. The van der Waals surface area contributed by atoms with Gasteiger partial charge < -0.3 is 14.9 Å². The molecule has 0 aliphatic heterocycles. The van der Waals surface area contributed by atoms with Crippen LogP contribution >= 0.6 is 0 Å². The third-order valence-corrected chi connectivity index (χ3v) is 8.10. The van der Waals surface area contributed by atoms with Crippen LogP contribution in [0.4, 0.5) is 11.4 Å². The lowest BCUT2D eigenvalue weighted by atomic mass is 9.91. The molecule has 0 radical (unpaired) electrons. The minimum Gasteiger partial charge on any atom is -0.394 e. The van der Waals surface area contributed by atoms with E-state index in [4.69, 9.17) is 5.73 Å². The molecule has 38 heavy (non-hydrogen) atoms. The van der Waals surface area contributed by atoms with Crippen LogP contribution in [-0.2, 0) is 22.6 Å². The molecule has 4 aromatic heterocycles. The number of hydrogen-bond acceptors (Lipinski definition) is 6. The second-order valence-corrected chi connectivity index (χ2v) is 11.3. The zero-order chi connectivity index (χ0) is 27.1. The van der Waals surface area contributed by atoms with Gasteiger partial charge in [0, 0.05) is 42.8 Å². The zero-order valence-electron chi connectivity index (χ0n) is 21.3. The van der Waals surface area contributed by atoms with Gasteiger partial charge in [-0.1, -0.05) is 12.1 Å². The molecule has 9 nitrogen and oxygen atoms in total. The monoisotopic (exact) mass is 528 g/mol. The Bertz CT molecular complexity index is 1730. The van der Waals surface area contributed by atoms with Gasteiger partial charge in [0.2, 0.25) is 10.0 Å². The van der Waals surface area contributed by atoms with Gasteiger partial charge in [-0.15, -0.1) is 0 Å². The van der Waals surface area contributed by atoms with Crippen LogP contribution in [0.2, 0.25) is 0 Å². The fourth-order valence-electron chi connectivity index (χ4n) is 4.70. The van der Waals surface area contributed by atoms with Gasteiger partial charge in [0.05, 0.1) is 34.0 Å². The van der Waals surface area contributed by atoms with Gasteiger partial charge in [-0.25, -0.2) is 8.42 Å². The van der Waals surface area contributed by atoms with Gasteiger partial charge in [-0.05, 0) is 67.9 Å².